The number of aryl methyl sites for hydroxylation is 1. The van der Waals surface area contributed by atoms with Crippen LogP contribution < -0.4 is 4.90 Å². The van der Waals surface area contributed by atoms with Crippen LogP contribution in [-0.2, 0) is 0 Å². The fraction of sp³-hybridized carbons (Fsp3) is 0.733. The molecular formula is C15H24BrN3. The van der Waals surface area contributed by atoms with Gasteiger partial charge < -0.3 is 4.90 Å². The van der Waals surface area contributed by atoms with E-state index in [1.54, 1.807) is 0 Å². The zero-order valence-electron chi connectivity index (χ0n) is 12.2. The molecule has 1 aromatic rings. The van der Waals surface area contributed by atoms with E-state index in [0.717, 1.165) is 29.2 Å². The van der Waals surface area contributed by atoms with E-state index in [2.05, 4.69) is 52.7 Å². The zero-order chi connectivity index (χ0) is 13.8. The van der Waals surface area contributed by atoms with Gasteiger partial charge in [0, 0.05) is 35.6 Å². The van der Waals surface area contributed by atoms with Crippen molar-refractivity contribution < 1.29 is 0 Å². The molecule has 1 aliphatic rings. The average Bonchev–Trinajstić information content (AvgIpc) is 2.88. The van der Waals surface area contributed by atoms with Gasteiger partial charge in [-0.2, -0.15) is 0 Å². The number of rotatable bonds is 5. The van der Waals surface area contributed by atoms with Crippen LogP contribution in [0.3, 0.4) is 0 Å². The Morgan fingerprint density at radius 2 is 2.00 bits per heavy atom. The van der Waals surface area contributed by atoms with E-state index in [9.17, 15) is 0 Å². The molecule has 4 heteroatoms. The molecule has 0 aliphatic heterocycles. The van der Waals surface area contributed by atoms with Crippen molar-refractivity contribution in [2.24, 2.45) is 0 Å². The molecule has 0 radical (unpaired) electrons. The summed E-state index contributed by atoms with van der Waals surface area (Å²) in [5, 5.41) is 0.990. The summed E-state index contributed by atoms with van der Waals surface area (Å²) in [6.07, 6.45) is 5.30. The van der Waals surface area contributed by atoms with Gasteiger partial charge in [0.15, 0.2) is 0 Å². The van der Waals surface area contributed by atoms with E-state index in [0.29, 0.717) is 12.0 Å². The first kappa shape index (κ1) is 14.8. The molecule has 0 saturated heterocycles. The predicted octanol–water partition coefficient (Wildman–Crippen LogP) is 4.05. The minimum Gasteiger partial charge on any atom is -0.353 e. The lowest BCUT2D eigenvalue weighted by Gasteiger charge is -2.30. The maximum atomic E-state index is 4.79. The van der Waals surface area contributed by atoms with Crippen LogP contribution in [-0.4, -0.2) is 27.9 Å². The van der Waals surface area contributed by atoms with Gasteiger partial charge in [0.05, 0.1) is 0 Å². The van der Waals surface area contributed by atoms with Gasteiger partial charge in [-0.05, 0) is 19.8 Å². The number of hydrogen-bond donors (Lipinski definition) is 0. The molecule has 19 heavy (non-hydrogen) atoms. The second-order valence-electron chi connectivity index (χ2n) is 5.70. The lowest BCUT2D eigenvalue weighted by molar-refractivity contribution is 0.610. The molecular weight excluding hydrogens is 302 g/mol. The summed E-state index contributed by atoms with van der Waals surface area (Å²) in [5.41, 5.74) is 1.08. The second kappa shape index (κ2) is 6.69. The van der Waals surface area contributed by atoms with Crippen molar-refractivity contribution in [3.63, 3.8) is 0 Å². The Morgan fingerprint density at radius 3 is 2.58 bits per heavy atom. The quantitative estimate of drug-likeness (QED) is 0.764. The molecule has 0 aromatic carbocycles. The average molecular weight is 326 g/mol. The summed E-state index contributed by atoms with van der Waals surface area (Å²) in [6.45, 7) is 7.41. The Labute approximate surface area is 125 Å². The predicted molar refractivity (Wildman–Crippen MR) is 84.3 cm³/mol. The van der Waals surface area contributed by atoms with Crippen molar-refractivity contribution >= 4 is 21.7 Å². The van der Waals surface area contributed by atoms with E-state index in [1.807, 2.05) is 0 Å². The molecule has 1 aliphatic carbocycles. The van der Waals surface area contributed by atoms with Crippen LogP contribution in [0.2, 0.25) is 0 Å². The van der Waals surface area contributed by atoms with E-state index >= 15 is 0 Å². The minimum atomic E-state index is 0.382. The summed E-state index contributed by atoms with van der Waals surface area (Å²) in [4.78, 5) is 11.8. The van der Waals surface area contributed by atoms with Crippen LogP contribution in [0.1, 0.15) is 57.0 Å². The Balaban J connectivity index is 2.29. The van der Waals surface area contributed by atoms with E-state index < -0.39 is 0 Å². The monoisotopic (exact) mass is 325 g/mol. The topological polar surface area (TPSA) is 29.0 Å². The standard InChI is InChI=1S/C15H24BrN3/c1-11(2)15-17-12(3)10-14(18-15)19(9-8-16)13-6-4-5-7-13/h10-11,13H,4-9H2,1-3H3. The molecule has 1 fully saturated rings. The summed E-state index contributed by atoms with van der Waals surface area (Å²) in [7, 11) is 0. The Kier molecular flexibility index (Phi) is 5.20. The van der Waals surface area contributed by atoms with Gasteiger partial charge >= 0.3 is 0 Å². The Bertz CT molecular complexity index is 414. The van der Waals surface area contributed by atoms with E-state index in [-0.39, 0.29) is 0 Å². The maximum absolute atomic E-state index is 4.79. The van der Waals surface area contributed by atoms with Crippen LogP contribution in [0.5, 0.6) is 0 Å². The number of alkyl halides is 1. The molecule has 0 bridgehead atoms. The number of hydrogen-bond acceptors (Lipinski definition) is 3. The second-order valence-corrected chi connectivity index (χ2v) is 6.49. The highest BCUT2D eigenvalue weighted by Gasteiger charge is 2.24. The SMILES string of the molecule is Cc1cc(N(CCBr)C2CCCC2)nc(C(C)C)n1. The normalized spacial score (nSPS) is 16.3. The van der Waals surface area contributed by atoms with Crippen LogP contribution in [0.15, 0.2) is 6.07 Å². The fourth-order valence-corrected chi connectivity index (χ4v) is 3.15. The van der Waals surface area contributed by atoms with Gasteiger partial charge in [0.25, 0.3) is 0 Å². The molecule has 1 aromatic heterocycles. The zero-order valence-corrected chi connectivity index (χ0v) is 13.8. The van der Waals surface area contributed by atoms with Crippen molar-refractivity contribution in [3.8, 4) is 0 Å². The van der Waals surface area contributed by atoms with Gasteiger partial charge in [-0.1, -0.05) is 42.6 Å². The third kappa shape index (κ3) is 3.68. The van der Waals surface area contributed by atoms with Crippen molar-refractivity contribution in [2.75, 3.05) is 16.8 Å². The number of halogens is 1. The number of nitrogens with zero attached hydrogens (tertiary/aromatic N) is 3. The molecule has 106 valence electrons. The lowest BCUT2D eigenvalue weighted by Crippen LogP contribution is -2.36. The largest absolute Gasteiger partial charge is 0.353 e. The van der Waals surface area contributed by atoms with Crippen LogP contribution in [0.25, 0.3) is 0 Å². The highest BCUT2D eigenvalue weighted by atomic mass is 79.9. The first-order valence-electron chi connectivity index (χ1n) is 7.30. The van der Waals surface area contributed by atoms with Gasteiger partial charge in [-0.15, -0.1) is 0 Å². The molecule has 0 N–H and O–H groups in total. The number of anilines is 1. The number of aromatic nitrogens is 2. The summed E-state index contributed by atoms with van der Waals surface area (Å²) in [6, 6.07) is 2.79. The van der Waals surface area contributed by atoms with Crippen molar-refractivity contribution in [3.05, 3.63) is 17.6 Å². The lowest BCUT2D eigenvalue weighted by atomic mass is 10.2. The fourth-order valence-electron chi connectivity index (χ4n) is 2.77. The van der Waals surface area contributed by atoms with Gasteiger partial charge in [0.1, 0.15) is 11.6 Å². The molecule has 1 heterocycles. The first-order chi connectivity index (χ1) is 9.11. The first-order valence-corrected chi connectivity index (χ1v) is 8.42. The highest BCUT2D eigenvalue weighted by molar-refractivity contribution is 9.09. The van der Waals surface area contributed by atoms with Crippen molar-refractivity contribution in [1.29, 1.82) is 0 Å². The molecule has 0 spiro atoms. The van der Waals surface area contributed by atoms with Crippen molar-refractivity contribution in [1.82, 2.24) is 9.97 Å². The van der Waals surface area contributed by atoms with E-state index in [4.69, 9.17) is 4.98 Å². The summed E-state index contributed by atoms with van der Waals surface area (Å²) in [5.74, 6) is 2.46. The highest BCUT2D eigenvalue weighted by Crippen LogP contribution is 2.28. The van der Waals surface area contributed by atoms with Crippen LogP contribution in [0, 0.1) is 6.92 Å². The molecule has 2 rings (SSSR count). The van der Waals surface area contributed by atoms with Gasteiger partial charge in [-0.3, -0.25) is 0 Å². The maximum Gasteiger partial charge on any atom is 0.133 e. The Morgan fingerprint density at radius 1 is 1.32 bits per heavy atom. The third-order valence-corrected chi connectivity index (χ3v) is 4.11. The van der Waals surface area contributed by atoms with E-state index in [1.165, 1.54) is 25.7 Å². The van der Waals surface area contributed by atoms with Crippen LogP contribution >= 0.6 is 15.9 Å². The molecule has 0 unspecified atom stereocenters. The molecule has 3 nitrogen and oxygen atoms in total. The molecule has 0 atom stereocenters. The van der Waals surface area contributed by atoms with Gasteiger partial charge in [0.2, 0.25) is 0 Å². The summed E-state index contributed by atoms with van der Waals surface area (Å²) < 4.78 is 0. The third-order valence-electron chi connectivity index (χ3n) is 3.76. The summed E-state index contributed by atoms with van der Waals surface area (Å²) >= 11 is 3.58. The van der Waals surface area contributed by atoms with Crippen LogP contribution in [0.4, 0.5) is 5.82 Å². The molecule has 1 saturated carbocycles. The van der Waals surface area contributed by atoms with Crippen molar-refractivity contribution in [2.45, 2.75) is 58.4 Å². The molecule has 0 amide bonds. The van der Waals surface area contributed by atoms with Gasteiger partial charge in [-0.25, -0.2) is 9.97 Å². The Hall–Kier alpha value is -0.640. The minimum absolute atomic E-state index is 0.382. The smallest absolute Gasteiger partial charge is 0.133 e.